The Morgan fingerprint density at radius 2 is 1.69 bits per heavy atom. The molecule has 5 nitrogen and oxygen atoms in total. The van der Waals surface area contributed by atoms with Crippen molar-refractivity contribution in [1.29, 1.82) is 0 Å². The monoisotopic (exact) mass is 393 g/mol. The fraction of sp³-hybridized carbons (Fsp3) is 0.0870. The summed E-state index contributed by atoms with van der Waals surface area (Å²) in [5.41, 5.74) is 1.25. The van der Waals surface area contributed by atoms with Crippen LogP contribution >= 0.6 is 0 Å². The molecule has 0 saturated carbocycles. The molecule has 0 spiro atoms. The highest BCUT2D eigenvalue weighted by molar-refractivity contribution is 6.02. The largest absolute Gasteiger partial charge is 0.493 e. The molecule has 148 valence electrons. The van der Waals surface area contributed by atoms with Crippen LogP contribution in [0.15, 0.2) is 72.8 Å². The summed E-state index contributed by atoms with van der Waals surface area (Å²) in [6, 6.07) is 18.1. The van der Waals surface area contributed by atoms with Crippen LogP contribution in [0, 0.1) is 5.82 Å². The normalized spacial score (nSPS) is 10.6. The minimum atomic E-state index is -0.401. The average molecular weight is 393 g/mol. The van der Waals surface area contributed by atoms with E-state index < -0.39 is 5.82 Å². The Labute approximate surface area is 168 Å². The minimum absolute atomic E-state index is 0.338. The molecule has 0 aliphatic carbocycles. The van der Waals surface area contributed by atoms with Gasteiger partial charge in [0.25, 0.3) is 0 Å². The zero-order valence-corrected chi connectivity index (χ0v) is 16.0. The number of hydrogen-bond acceptors (Lipinski definition) is 4. The van der Waals surface area contributed by atoms with Crippen molar-refractivity contribution in [2.75, 3.05) is 19.5 Å². The molecule has 0 unspecified atom stereocenters. The molecule has 0 saturated heterocycles. The Bertz CT molecular complexity index is 1030. The molecule has 3 aromatic rings. The van der Waals surface area contributed by atoms with Gasteiger partial charge in [0.15, 0.2) is 17.2 Å². The summed E-state index contributed by atoms with van der Waals surface area (Å²) in [6.07, 6.45) is 3.06. The van der Waals surface area contributed by atoms with E-state index in [1.54, 1.807) is 68.8 Å². The third-order valence-corrected chi connectivity index (χ3v) is 4.00. The number of para-hydroxylation sites is 2. The van der Waals surface area contributed by atoms with Gasteiger partial charge in [-0.3, -0.25) is 4.79 Å². The van der Waals surface area contributed by atoms with Crippen molar-refractivity contribution in [2.24, 2.45) is 0 Å². The molecule has 1 N–H and O–H groups in total. The van der Waals surface area contributed by atoms with Crippen LogP contribution in [0.4, 0.5) is 10.1 Å². The average Bonchev–Trinajstić information content (AvgIpc) is 2.73. The maximum absolute atomic E-state index is 13.4. The van der Waals surface area contributed by atoms with Crippen LogP contribution in [0.1, 0.15) is 5.56 Å². The summed E-state index contributed by atoms with van der Waals surface area (Å²) < 4.78 is 29.5. The van der Waals surface area contributed by atoms with Crippen molar-refractivity contribution < 1.29 is 23.4 Å². The summed E-state index contributed by atoms with van der Waals surface area (Å²) in [5, 5.41) is 2.77. The van der Waals surface area contributed by atoms with E-state index >= 15 is 0 Å². The molecule has 0 fully saturated rings. The lowest BCUT2D eigenvalue weighted by Gasteiger charge is -2.11. The lowest BCUT2D eigenvalue weighted by atomic mass is 10.2. The summed E-state index contributed by atoms with van der Waals surface area (Å²) in [4.78, 5) is 12.4. The second kappa shape index (κ2) is 9.41. The van der Waals surface area contributed by atoms with Crippen LogP contribution in [0.3, 0.4) is 0 Å². The standard InChI is InChI=1S/C23H20FNO4/c1-27-21-12-10-16(14-22(21)28-2)11-13-23(26)25-19-8-3-4-9-20(19)29-18-7-5-6-17(24)15-18/h3-15H,1-2H3,(H,25,26)/b13-11+. The number of halogens is 1. The highest BCUT2D eigenvalue weighted by atomic mass is 19.1. The van der Waals surface area contributed by atoms with Crippen LogP contribution in [-0.2, 0) is 4.79 Å². The SMILES string of the molecule is COc1ccc(/C=C/C(=O)Nc2ccccc2Oc2cccc(F)c2)cc1OC. The first-order valence-electron chi connectivity index (χ1n) is 8.82. The third-order valence-electron chi connectivity index (χ3n) is 4.00. The van der Waals surface area contributed by atoms with Crippen molar-refractivity contribution in [3.63, 3.8) is 0 Å². The number of anilines is 1. The van der Waals surface area contributed by atoms with E-state index in [0.717, 1.165) is 5.56 Å². The minimum Gasteiger partial charge on any atom is -0.493 e. The number of methoxy groups -OCH3 is 2. The van der Waals surface area contributed by atoms with Crippen LogP contribution < -0.4 is 19.5 Å². The Hall–Kier alpha value is -3.80. The molecular weight excluding hydrogens is 373 g/mol. The Morgan fingerprint density at radius 1 is 0.897 bits per heavy atom. The molecule has 29 heavy (non-hydrogen) atoms. The maximum atomic E-state index is 13.4. The fourth-order valence-electron chi connectivity index (χ4n) is 2.62. The molecular formula is C23H20FNO4. The number of hydrogen-bond donors (Lipinski definition) is 1. The van der Waals surface area contributed by atoms with Crippen LogP contribution in [-0.4, -0.2) is 20.1 Å². The smallest absolute Gasteiger partial charge is 0.248 e. The molecule has 3 aromatic carbocycles. The zero-order chi connectivity index (χ0) is 20.6. The number of carbonyl (C=O) groups is 1. The van der Waals surface area contributed by atoms with Crippen molar-refractivity contribution in [1.82, 2.24) is 0 Å². The van der Waals surface area contributed by atoms with Gasteiger partial charge in [0.05, 0.1) is 19.9 Å². The van der Waals surface area contributed by atoms with Gasteiger partial charge in [-0.05, 0) is 48.0 Å². The van der Waals surface area contributed by atoms with Gasteiger partial charge in [0, 0.05) is 12.1 Å². The van der Waals surface area contributed by atoms with Gasteiger partial charge >= 0.3 is 0 Å². The van der Waals surface area contributed by atoms with E-state index in [1.807, 2.05) is 6.07 Å². The summed E-state index contributed by atoms with van der Waals surface area (Å²) >= 11 is 0. The second-order valence-electron chi connectivity index (χ2n) is 5.99. The quantitative estimate of drug-likeness (QED) is 0.555. The van der Waals surface area contributed by atoms with Crippen molar-refractivity contribution >= 4 is 17.7 Å². The summed E-state index contributed by atoms with van der Waals surface area (Å²) in [7, 11) is 3.11. The van der Waals surface area contributed by atoms with Crippen molar-refractivity contribution in [2.45, 2.75) is 0 Å². The van der Waals surface area contributed by atoms with Crippen LogP contribution in [0.2, 0.25) is 0 Å². The lowest BCUT2D eigenvalue weighted by molar-refractivity contribution is -0.111. The van der Waals surface area contributed by atoms with Gasteiger partial charge in [-0.1, -0.05) is 24.3 Å². The van der Waals surface area contributed by atoms with Crippen molar-refractivity contribution in [3.8, 4) is 23.0 Å². The van der Waals surface area contributed by atoms with Gasteiger partial charge in [-0.15, -0.1) is 0 Å². The predicted octanol–water partition coefficient (Wildman–Crippen LogP) is 5.29. The first kappa shape index (κ1) is 19.9. The van der Waals surface area contributed by atoms with E-state index in [2.05, 4.69) is 5.32 Å². The molecule has 0 heterocycles. The Balaban J connectivity index is 1.72. The van der Waals surface area contributed by atoms with Crippen LogP contribution in [0.25, 0.3) is 6.08 Å². The van der Waals surface area contributed by atoms with Gasteiger partial charge < -0.3 is 19.5 Å². The number of nitrogens with one attached hydrogen (secondary N) is 1. The Morgan fingerprint density at radius 3 is 2.45 bits per heavy atom. The van der Waals surface area contributed by atoms with Gasteiger partial charge in [-0.2, -0.15) is 0 Å². The molecule has 0 bridgehead atoms. The lowest BCUT2D eigenvalue weighted by Crippen LogP contribution is -2.08. The van der Waals surface area contributed by atoms with Crippen molar-refractivity contribution in [3.05, 3.63) is 84.2 Å². The van der Waals surface area contributed by atoms with Gasteiger partial charge in [0.2, 0.25) is 5.91 Å². The van der Waals surface area contributed by atoms with Gasteiger partial charge in [-0.25, -0.2) is 4.39 Å². The molecule has 1 amide bonds. The van der Waals surface area contributed by atoms with E-state index in [0.29, 0.717) is 28.7 Å². The fourth-order valence-corrected chi connectivity index (χ4v) is 2.62. The number of amides is 1. The second-order valence-corrected chi connectivity index (χ2v) is 5.99. The highest BCUT2D eigenvalue weighted by Crippen LogP contribution is 2.30. The van der Waals surface area contributed by atoms with E-state index in [1.165, 1.54) is 18.2 Å². The molecule has 6 heteroatoms. The molecule has 0 aliphatic heterocycles. The predicted molar refractivity (Wildman–Crippen MR) is 110 cm³/mol. The third kappa shape index (κ3) is 5.35. The highest BCUT2D eigenvalue weighted by Gasteiger charge is 2.08. The van der Waals surface area contributed by atoms with E-state index in [-0.39, 0.29) is 5.91 Å². The van der Waals surface area contributed by atoms with E-state index in [9.17, 15) is 9.18 Å². The first-order chi connectivity index (χ1) is 14.1. The Kier molecular flexibility index (Phi) is 6.47. The molecule has 0 atom stereocenters. The molecule has 0 aromatic heterocycles. The zero-order valence-electron chi connectivity index (χ0n) is 16.0. The number of benzene rings is 3. The molecule has 0 radical (unpaired) electrons. The van der Waals surface area contributed by atoms with Gasteiger partial charge in [0.1, 0.15) is 11.6 Å². The molecule has 3 rings (SSSR count). The number of carbonyl (C=O) groups excluding carboxylic acids is 1. The first-order valence-corrected chi connectivity index (χ1v) is 8.82. The molecule has 0 aliphatic rings. The number of rotatable bonds is 7. The van der Waals surface area contributed by atoms with Crippen LogP contribution in [0.5, 0.6) is 23.0 Å². The summed E-state index contributed by atoms with van der Waals surface area (Å²) in [6.45, 7) is 0. The topological polar surface area (TPSA) is 56.8 Å². The number of ether oxygens (including phenoxy) is 3. The summed E-state index contributed by atoms with van der Waals surface area (Å²) in [5.74, 6) is 1.19. The van der Waals surface area contributed by atoms with E-state index in [4.69, 9.17) is 14.2 Å². The maximum Gasteiger partial charge on any atom is 0.248 e.